The number of hydrogen-bond acceptors (Lipinski definition) is 1. The lowest BCUT2D eigenvalue weighted by molar-refractivity contribution is 0.530. The normalized spacial score (nSPS) is 25.5. The zero-order chi connectivity index (χ0) is 24.1. The van der Waals surface area contributed by atoms with Gasteiger partial charge in [0.05, 0.1) is 17.1 Å². The van der Waals surface area contributed by atoms with Gasteiger partial charge in [-0.3, -0.25) is 0 Å². The summed E-state index contributed by atoms with van der Waals surface area (Å²) < 4.78 is 2.52. The van der Waals surface area contributed by atoms with Crippen molar-refractivity contribution in [1.82, 2.24) is 9.55 Å². The molecule has 36 heavy (non-hydrogen) atoms. The van der Waals surface area contributed by atoms with Crippen molar-refractivity contribution in [3.05, 3.63) is 135 Å². The van der Waals surface area contributed by atoms with Crippen molar-refractivity contribution in [2.45, 2.75) is 26.8 Å². The highest BCUT2D eigenvalue weighted by molar-refractivity contribution is 5.93. The van der Waals surface area contributed by atoms with Crippen LogP contribution >= 0.6 is 0 Å². The van der Waals surface area contributed by atoms with Crippen LogP contribution in [0.5, 0.6) is 0 Å². The number of aryl methyl sites for hydroxylation is 1. The van der Waals surface area contributed by atoms with E-state index in [4.69, 9.17) is 4.98 Å². The van der Waals surface area contributed by atoms with E-state index in [-0.39, 0.29) is 12.0 Å². The van der Waals surface area contributed by atoms with E-state index in [0.29, 0.717) is 11.8 Å². The number of imidazole rings is 1. The first-order valence-corrected chi connectivity index (χ1v) is 13.1. The van der Waals surface area contributed by atoms with Gasteiger partial charge in [-0.15, -0.1) is 0 Å². The highest BCUT2D eigenvalue weighted by atomic mass is 15.1. The van der Waals surface area contributed by atoms with E-state index in [2.05, 4.69) is 116 Å². The molecular formula is C34H28N2. The van der Waals surface area contributed by atoms with Gasteiger partial charge in [-0.1, -0.05) is 104 Å². The summed E-state index contributed by atoms with van der Waals surface area (Å²) in [4.78, 5) is 5.29. The van der Waals surface area contributed by atoms with Crippen molar-refractivity contribution in [1.29, 1.82) is 0 Å². The molecular weight excluding hydrogens is 436 g/mol. The smallest absolute Gasteiger partial charge is 0.139 e. The number of rotatable bonds is 1. The van der Waals surface area contributed by atoms with Crippen LogP contribution in [0.15, 0.2) is 108 Å². The lowest BCUT2D eigenvalue weighted by Gasteiger charge is -2.46. The topological polar surface area (TPSA) is 17.8 Å². The Morgan fingerprint density at radius 1 is 0.778 bits per heavy atom. The second kappa shape index (κ2) is 7.07. The van der Waals surface area contributed by atoms with Crippen molar-refractivity contribution in [3.63, 3.8) is 0 Å². The highest BCUT2D eigenvalue weighted by Gasteiger charge is 2.46. The van der Waals surface area contributed by atoms with Gasteiger partial charge in [0.1, 0.15) is 5.82 Å². The fraction of sp³-hybridized carbons (Fsp3) is 0.206. The third kappa shape index (κ3) is 2.49. The number of para-hydroxylation sites is 2. The molecule has 0 radical (unpaired) electrons. The van der Waals surface area contributed by atoms with Crippen LogP contribution in [-0.2, 0) is 0 Å². The average Bonchev–Trinajstić information content (AvgIpc) is 3.27. The van der Waals surface area contributed by atoms with Crippen LogP contribution in [0.1, 0.15) is 36.8 Å². The summed E-state index contributed by atoms with van der Waals surface area (Å²) in [5, 5.41) is 2.66. The highest BCUT2D eigenvalue weighted by Crippen LogP contribution is 2.56. The second-order valence-electron chi connectivity index (χ2n) is 10.9. The van der Waals surface area contributed by atoms with Gasteiger partial charge in [0, 0.05) is 11.5 Å². The molecule has 4 unspecified atom stereocenters. The van der Waals surface area contributed by atoms with E-state index < -0.39 is 0 Å². The zero-order valence-corrected chi connectivity index (χ0v) is 20.9. The van der Waals surface area contributed by atoms with Crippen LogP contribution < -0.4 is 10.4 Å². The zero-order valence-electron chi connectivity index (χ0n) is 20.9. The maximum Gasteiger partial charge on any atom is 0.139 e. The molecule has 0 saturated heterocycles. The van der Waals surface area contributed by atoms with Crippen LogP contribution in [0, 0.1) is 24.7 Å². The molecule has 0 amide bonds. The molecule has 1 aromatic heterocycles. The number of nitrogens with zero attached hydrogens (tertiary/aromatic N) is 2. The number of allylic oxidation sites excluding steroid dienone is 6. The van der Waals surface area contributed by atoms with Crippen molar-refractivity contribution >= 4 is 22.2 Å². The fourth-order valence-corrected chi connectivity index (χ4v) is 7.45. The van der Waals surface area contributed by atoms with Gasteiger partial charge in [0.2, 0.25) is 0 Å². The standard InChI is InChI=1S/C34H28N2/c1-19-9-8-10-22(17-19)30-23-11-4-5-12-24(23)32-31-25(30)18-21(3)29-20(2)15-16-28(33(29)31)36-27-14-7-6-13-26(27)35-34(32)36/h4-18,20-21,28,31H,1-3H3. The fourth-order valence-electron chi connectivity index (χ4n) is 7.45. The number of benzene rings is 3. The van der Waals surface area contributed by atoms with E-state index in [1.165, 1.54) is 43.8 Å². The van der Waals surface area contributed by atoms with Gasteiger partial charge in [-0.25, -0.2) is 4.98 Å². The third-order valence-electron chi connectivity index (χ3n) is 8.75. The van der Waals surface area contributed by atoms with Crippen LogP contribution in [0.4, 0.5) is 0 Å². The second-order valence-corrected chi connectivity index (χ2v) is 10.9. The number of fused-ring (bicyclic) bond motifs is 6. The lowest BCUT2D eigenvalue weighted by atomic mass is 9.61. The summed E-state index contributed by atoms with van der Waals surface area (Å²) in [5.41, 5.74) is 12.3. The predicted octanol–water partition coefficient (Wildman–Crippen LogP) is 6.01. The molecule has 2 nitrogen and oxygen atoms in total. The molecule has 1 aliphatic heterocycles. The Kier molecular flexibility index (Phi) is 3.99. The molecule has 0 bridgehead atoms. The Hall–Kier alpha value is -3.91. The molecule has 0 saturated carbocycles. The molecule has 0 N–H and O–H groups in total. The molecule has 0 fully saturated rings. The molecule has 3 aromatic carbocycles. The van der Waals surface area contributed by atoms with E-state index in [9.17, 15) is 0 Å². The first-order chi connectivity index (χ1) is 17.6. The summed E-state index contributed by atoms with van der Waals surface area (Å²) in [7, 11) is 0. The van der Waals surface area contributed by atoms with E-state index in [0.717, 1.165) is 11.3 Å². The Labute approximate surface area is 211 Å². The van der Waals surface area contributed by atoms with Crippen LogP contribution in [0.2, 0.25) is 0 Å². The summed E-state index contributed by atoms with van der Waals surface area (Å²) >= 11 is 0. The van der Waals surface area contributed by atoms with Crippen molar-refractivity contribution in [3.8, 4) is 0 Å². The van der Waals surface area contributed by atoms with Gasteiger partial charge in [-0.2, -0.15) is 0 Å². The molecule has 2 heterocycles. The minimum atomic E-state index is 0.211. The van der Waals surface area contributed by atoms with Crippen LogP contribution in [0.3, 0.4) is 0 Å². The quantitative estimate of drug-likeness (QED) is 0.316. The summed E-state index contributed by atoms with van der Waals surface area (Å²) in [6.45, 7) is 6.96. The van der Waals surface area contributed by atoms with Gasteiger partial charge in [0.25, 0.3) is 0 Å². The van der Waals surface area contributed by atoms with Crippen molar-refractivity contribution in [2.75, 3.05) is 0 Å². The van der Waals surface area contributed by atoms with E-state index >= 15 is 0 Å². The monoisotopic (exact) mass is 464 g/mol. The van der Waals surface area contributed by atoms with Gasteiger partial charge in [-0.05, 0) is 63.6 Å². The minimum Gasteiger partial charge on any atom is -0.313 e. The van der Waals surface area contributed by atoms with Crippen LogP contribution in [0.25, 0.3) is 22.2 Å². The molecule has 4 atom stereocenters. The van der Waals surface area contributed by atoms with E-state index in [1.807, 2.05) is 0 Å². The molecule has 0 spiro atoms. The molecule has 3 aliphatic carbocycles. The summed E-state index contributed by atoms with van der Waals surface area (Å²) in [5.74, 6) is 2.21. The summed E-state index contributed by atoms with van der Waals surface area (Å²) in [6.07, 6.45) is 7.44. The lowest BCUT2D eigenvalue weighted by Crippen LogP contribution is -2.44. The average molecular weight is 465 g/mol. The molecule has 2 heteroatoms. The van der Waals surface area contributed by atoms with Gasteiger partial charge in [0.15, 0.2) is 0 Å². The maximum atomic E-state index is 5.29. The SMILES string of the molecule is Cc1cccc(C2=c3ccccc3=C3c4nc5ccccc5n4C4C=CC(C)C5=C4C3C2=CC5C)c1. The number of aromatic nitrogens is 2. The largest absolute Gasteiger partial charge is 0.313 e. The minimum absolute atomic E-state index is 0.211. The molecule has 174 valence electrons. The van der Waals surface area contributed by atoms with Crippen molar-refractivity contribution < 1.29 is 0 Å². The van der Waals surface area contributed by atoms with Gasteiger partial charge >= 0.3 is 0 Å². The Balaban J connectivity index is 1.61. The first-order valence-electron chi connectivity index (χ1n) is 13.1. The van der Waals surface area contributed by atoms with Crippen LogP contribution in [-0.4, -0.2) is 9.55 Å². The molecule has 8 rings (SSSR count). The molecule has 4 aliphatic rings. The van der Waals surface area contributed by atoms with Crippen molar-refractivity contribution in [2.24, 2.45) is 17.8 Å². The predicted molar refractivity (Wildman–Crippen MR) is 147 cm³/mol. The maximum absolute atomic E-state index is 5.29. The summed E-state index contributed by atoms with van der Waals surface area (Å²) in [6, 6.07) is 26.9. The Morgan fingerprint density at radius 3 is 2.44 bits per heavy atom. The number of hydrogen-bond donors (Lipinski definition) is 0. The molecule has 4 aromatic rings. The Morgan fingerprint density at radius 2 is 1.58 bits per heavy atom. The van der Waals surface area contributed by atoms with E-state index in [1.54, 1.807) is 11.1 Å². The third-order valence-corrected chi connectivity index (χ3v) is 8.75. The van der Waals surface area contributed by atoms with Gasteiger partial charge < -0.3 is 4.57 Å². The Bertz CT molecular complexity index is 1840. The first kappa shape index (κ1) is 20.3.